The monoisotopic (exact) mass is 403 g/mol. The van der Waals surface area contributed by atoms with Crippen molar-refractivity contribution in [1.82, 2.24) is 9.80 Å². The highest BCUT2D eigenvalue weighted by molar-refractivity contribution is 6.35. The number of hydrogen-bond donors (Lipinski definition) is 0. The summed E-state index contributed by atoms with van der Waals surface area (Å²) in [7, 11) is 0. The zero-order valence-electron chi connectivity index (χ0n) is 18.2. The van der Waals surface area contributed by atoms with Crippen molar-refractivity contribution >= 4 is 23.1 Å². The molecule has 1 fully saturated rings. The number of amides is 2. The molecule has 0 spiro atoms. The van der Waals surface area contributed by atoms with Crippen LogP contribution < -0.4 is 4.90 Å². The predicted octanol–water partition coefficient (Wildman–Crippen LogP) is 3.53. The van der Waals surface area contributed by atoms with Crippen LogP contribution in [0.5, 0.6) is 0 Å². The van der Waals surface area contributed by atoms with E-state index in [-0.39, 0.29) is 11.8 Å². The fraction of sp³-hybridized carbons (Fsp3) is 0.360. The molecule has 0 radical (unpaired) electrons. The SMILES string of the molecule is CCN1C(=O)C(c2ccc(C)cc2)=C(N2CCN(c3cccc(C)c3C)CC2)C1=O. The van der Waals surface area contributed by atoms with Crippen LogP contribution in [0, 0.1) is 20.8 Å². The van der Waals surface area contributed by atoms with Gasteiger partial charge < -0.3 is 9.80 Å². The van der Waals surface area contributed by atoms with Gasteiger partial charge in [-0.15, -0.1) is 0 Å². The van der Waals surface area contributed by atoms with Crippen molar-refractivity contribution in [1.29, 1.82) is 0 Å². The van der Waals surface area contributed by atoms with E-state index >= 15 is 0 Å². The highest BCUT2D eigenvalue weighted by Crippen LogP contribution is 2.33. The predicted molar refractivity (Wildman–Crippen MR) is 120 cm³/mol. The Kier molecular flexibility index (Phi) is 5.37. The smallest absolute Gasteiger partial charge is 0.277 e. The zero-order valence-corrected chi connectivity index (χ0v) is 18.2. The molecular formula is C25H29N3O2. The van der Waals surface area contributed by atoms with Crippen LogP contribution in [-0.2, 0) is 9.59 Å². The second-order valence-corrected chi connectivity index (χ2v) is 8.14. The number of likely N-dealkylation sites (N-methyl/N-ethyl adjacent to an activating group) is 1. The van der Waals surface area contributed by atoms with Gasteiger partial charge in [0.2, 0.25) is 0 Å². The number of anilines is 1. The minimum atomic E-state index is -0.182. The first kappa shape index (κ1) is 20.2. The van der Waals surface area contributed by atoms with Crippen LogP contribution >= 0.6 is 0 Å². The number of aryl methyl sites for hydroxylation is 2. The third kappa shape index (κ3) is 3.38. The molecule has 0 N–H and O–H groups in total. The molecule has 5 heteroatoms. The Hall–Kier alpha value is -3.08. The Balaban J connectivity index is 1.64. The molecule has 30 heavy (non-hydrogen) atoms. The van der Waals surface area contributed by atoms with Crippen LogP contribution in [-0.4, -0.2) is 54.3 Å². The van der Waals surface area contributed by atoms with Gasteiger partial charge in [0, 0.05) is 38.4 Å². The van der Waals surface area contributed by atoms with Crippen LogP contribution in [0.3, 0.4) is 0 Å². The van der Waals surface area contributed by atoms with Crippen molar-refractivity contribution in [3.63, 3.8) is 0 Å². The zero-order chi connectivity index (χ0) is 21.4. The molecule has 0 bridgehead atoms. The Labute approximate surface area is 178 Å². The largest absolute Gasteiger partial charge is 0.368 e. The second-order valence-electron chi connectivity index (χ2n) is 8.14. The molecule has 0 saturated carbocycles. The average Bonchev–Trinajstić information content (AvgIpc) is 3.00. The Morgan fingerprint density at radius 1 is 0.800 bits per heavy atom. The number of benzene rings is 2. The van der Waals surface area contributed by atoms with Gasteiger partial charge in [-0.2, -0.15) is 0 Å². The lowest BCUT2D eigenvalue weighted by atomic mass is 10.0. The maximum Gasteiger partial charge on any atom is 0.277 e. The molecule has 2 aliphatic heterocycles. The summed E-state index contributed by atoms with van der Waals surface area (Å²) in [6.07, 6.45) is 0. The van der Waals surface area contributed by atoms with Crippen LogP contribution in [0.1, 0.15) is 29.2 Å². The maximum absolute atomic E-state index is 13.1. The van der Waals surface area contributed by atoms with Crippen molar-refractivity contribution in [2.75, 3.05) is 37.6 Å². The van der Waals surface area contributed by atoms with Gasteiger partial charge in [0.1, 0.15) is 5.70 Å². The second kappa shape index (κ2) is 7.98. The molecule has 2 heterocycles. The topological polar surface area (TPSA) is 43.9 Å². The van der Waals surface area contributed by atoms with Crippen LogP contribution in [0.4, 0.5) is 5.69 Å². The standard InChI is InChI=1S/C25H29N3O2/c1-5-28-24(29)22(20-11-9-17(2)10-12-20)23(25(28)30)27-15-13-26(14-16-27)21-8-6-7-18(3)19(21)4/h6-12H,5,13-16H2,1-4H3. The third-order valence-electron chi connectivity index (χ3n) is 6.31. The fourth-order valence-electron chi connectivity index (χ4n) is 4.37. The van der Waals surface area contributed by atoms with E-state index in [1.807, 2.05) is 38.1 Å². The van der Waals surface area contributed by atoms with E-state index in [1.54, 1.807) is 0 Å². The quantitative estimate of drug-likeness (QED) is 0.733. The number of imide groups is 1. The lowest BCUT2D eigenvalue weighted by molar-refractivity contribution is -0.137. The van der Waals surface area contributed by atoms with Crippen molar-refractivity contribution < 1.29 is 9.59 Å². The molecule has 2 aromatic rings. The Bertz CT molecular complexity index is 1020. The summed E-state index contributed by atoms with van der Waals surface area (Å²) < 4.78 is 0. The summed E-state index contributed by atoms with van der Waals surface area (Å²) in [6.45, 7) is 11.6. The van der Waals surface area contributed by atoms with Gasteiger partial charge in [-0.05, 0) is 50.5 Å². The highest BCUT2D eigenvalue weighted by atomic mass is 16.2. The van der Waals surface area contributed by atoms with Crippen molar-refractivity contribution in [3.8, 4) is 0 Å². The van der Waals surface area contributed by atoms with E-state index < -0.39 is 0 Å². The lowest BCUT2D eigenvalue weighted by Gasteiger charge is -2.38. The third-order valence-corrected chi connectivity index (χ3v) is 6.31. The maximum atomic E-state index is 13.1. The molecule has 2 amide bonds. The summed E-state index contributed by atoms with van der Waals surface area (Å²) in [5.41, 5.74) is 6.90. The van der Waals surface area contributed by atoms with Gasteiger partial charge in [-0.3, -0.25) is 14.5 Å². The van der Waals surface area contributed by atoms with Crippen LogP contribution in [0.15, 0.2) is 48.2 Å². The van der Waals surface area contributed by atoms with Gasteiger partial charge in [-0.25, -0.2) is 0 Å². The number of carbonyl (C=O) groups excluding carboxylic acids is 2. The number of rotatable bonds is 4. The van der Waals surface area contributed by atoms with Crippen molar-refractivity contribution in [2.45, 2.75) is 27.7 Å². The molecule has 0 unspecified atom stereocenters. The van der Waals surface area contributed by atoms with Gasteiger partial charge in [0.15, 0.2) is 0 Å². The molecule has 1 saturated heterocycles. The first-order valence-electron chi connectivity index (χ1n) is 10.7. The summed E-state index contributed by atoms with van der Waals surface area (Å²) in [4.78, 5) is 32.0. The first-order chi connectivity index (χ1) is 14.4. The lowest BCUT2D eigenvalue weighted by Crippen LogP contribution is -2.47. The molecular weight excluding hydrogens is 374 g/mol. The molecule has 2 aromatic carbocycles. The molecule has 2 aliphatic rings. The van der Waals surface area contributed by atoms with Crippen molar-refractivity contribution in [2.24, 2.45) is 0 Å². The Morgan fingerprint density at radius 2 is 1.43 bits per heavy atom. The fourth-order valence-corrected chi connectivity index (χ4v) is 4.37. The van der Waals surface area contributed by atoms with Gasteiger partial charge in [-0.1, -0.05) is 42.0 Å². The first-order valence-corrected chi connectivity index (χ1v) is 10.7. The molecule has 5 nitrogen and oxygen atoms in total. The van der Waals surface area contributed by atoms with Crippen LogP contribution in [0.25, 0.3) is 5.57 Å². The number of piperazine rings is 1. The van der Waals surface area contributed by atoms with E-state index in [4.69, 9.17) is 0 Å². The van der Waals surface area contributed by atoms with E-state index in [1.165, 1.54) is 21.7 Å². The normalized spacial score (nSPS) is 17.4. The summed E-state index contributed by atoms with van der Waals surface area (Å²) in [5, 5.41) is 0. The number of hydrogen-bond acceptors (Lipinski definition) is 4. The van der Waals surface area contributed by atoms with E-state index in [9.17, 15) is 9.59 Å². The van der Waals surface area contributed by atoms with Gasteiger partial charge in [0.25, 0.3) is 11.8 Å². The molecule has 0 aliphatic carbocycles. The highest BCUT2D eigenvalue weighted by Gasteiger charge is 2.41. The molecule has 156 valence electrons. The minimum absolute atomic E-state index is 0.168. The summed E-state index contributed by atoms with van der Waals surface area (Å²) >= 11 is 0. The van der Waals surface area contributed by atoms with E-state index in [0.717, 1.165) is 24.2 Å². The van der Waals surface area contributed by atoms with Crippen LogP contribution in [0.2, 0.25) is 0 Å². The number of nitrogens with zero attached hydrogens (tertiary/aromatic N) is 3. The van der Waals surface area contributed by atoms with Gasteiger partial charge in [0.05, 0.1) is 5.57 Å². The minimum Gasteiger partial charge on any atom is -0.368 e. The average molecular weight is 404 g/mol. The Morgan fingerprint density at radius 3 is 2.07 bits per heavy atom. The van der Waals surface area contributed by atoms with Crippen molar-refractivity contribution in [3.05, 3.63) is 70.4 Å². The molecule has 0 aromatic heterocycles. The van der Waals surface area contributed by atoms with Gasteiger partial charge >= 0.3 is 0 Å². The summed E-state index contributed by atoms with van der Waals surface area (Å²) in [5.74, 6) is -0.350. The summed E-state index contributed by atoms with van der Waals surface area (Å²) in [6, 6.07) is 14.3. The molecule has 0 atom stereocenters. The number of carbonyl (C=O) groups is 2. The molecule has 4 rings (SSSR count). The van der Waals surface area contributed by atoms with E-state index in [0.29, 0.717) is 30.9 Å². The van der Waals surface area contributed by atoms with E-state index in [2.05, 4.69) is 41.8 Å².